The van der Waals surface area contributed by atoms with Gasteiger partial charge < -0.3 is 9.13 Å². The maximum Gasteiger partial charge on any atom is 0.164 e. The summed E-state index contributed by atoms with van der Waals surface area (Å²) in [6.07, 6.45) is 0. The first-order chi connectivity index (χ1) is 38.6. The molecule has 0 N–H and O–H groups in total. The van der Waals surface area contributed by atoms with Crippen LogP contribution in [0.15, 0.2) is 243 Å². The van der Waals surface area contributed by atoms with Crippen LogP contribution in [0.25, 0.3) is 134 Å². The highest BCUT2D eigenvalue weighted by molar-refractivity contribution is 6.12. The van der Waals surface area contributed by atoms with E-state index in [4.69, 9.17) is 29.9 Å². The maximum atomic E-state index is 11.9. The lowest BCUT2D eigenvalue weighted by atomic mass is 9.98. The van der Waals surface area contributed by atoms with Crippen LogP contribution in [-0.4, -0.2) is 39.0 Å². The molecule has 78 heavy (non-hydrogen) atoms. The molecule has 10 heteroatoms. The lowest BCUT2D eigenvalue weighted by Gasteiger charge is -2.19. The average molecular weight is 997 g/mol. The molecule has 0 atom stereocenters. The third kappa shape index (κ3) is 7.89. The van der Waals surface area contributed by atoms with Gasteiger partial charge in [-0.25, -0.2) is 29.9 Å². The molecule has 0 fully saturated rings. The highest BCUT2D eigenvalue weighted by atomic mass is 15.1. The fraction of sp³-hybridized carbons (Fsp3) is 0. The SMILES string of the molecule is N#Cc1cccc(-c2cc(-n3c4ccccc4c4ccc(-c5nc(-c6ccccc6)nc(-c6ccccc6)n5)cc43)c(C#N)c(-n3c4ccccc4c4ccc(-c5nc(-c6ccccc6)nc(-c6ccccc6)n5)cc43)c2)c1. The first-order valence-corrected chi connectivity index (χ1v) is 25.5. The summed E-state index contributed by atoms with van der Waals surface area (Å²) in [6, 6.07) is 85.8. The summed E-state index contributed by atoms with van der Waals surface area (Å²) >= 11 is 0. The van der Waals surface area contributed by atoms with E-state index in [2.05, 4.69) is 94.1 Å². The van der Waals surface area contributed by atoms with Crippen LogP contribution in [0.4, 0.5) is 0 Å². The Hall–Kier alpha value is -11.2. The van der Waals surface area contributed by atoms with Crippen molar-refractivity contribution in [2.24, 2.45) is 0 Å². The lowest BCUT2D eigenvalue weighted by Crippen LogP contribution is -2.06. The Morgan fingerprint density at radius 2 is 0.603 bits per heavy atom. The fourth-order valence-corrected chi connectivity index (χ4v) is 10.6. The Kier molecular flexibility index (Phi) is 11.0. The van der Waals surface area contributed by atoms with Gasteiger partial charge in [0.25, 0.3) is 0 Å². The van der Waals surface area contributed by atoms with E-state index in [0.29, 0.717) is 57.4 Å². The van der Waals surface area contributed by atoms with E-state index in [0.717, 1.165) is 88.1 Å². The van der Waals surface area contributed by atoms with Crippen molar-refractivity contribution >= 4 is 43.6 Å². The van der Waals surface area contributed by atoms with E-state index in [9.17, 15) is 10.5 Å². The van der Waals surface area contributed by atoms with Gasteiger partial charge in [0.15, 0.2) is 34.9 Å². The predicted octanol–water partition coefficient (Wildman–Crippen LogP) is 15.7. The van der Waals surface area contributed by atoms with Gasteiger partial charge in [0.05, 0.1) is 45.1 Å². The molecular weight excluding hydrogens is 957 g/mol. The molecule has 10 nitrogen and oxygen atoms in total. The molecule has 0 radical (unpaired) electrons. The van der Waals surface area contributed by atoms with E-state index in [-0.39, 0.29) is 0 Å². The van der Waals surface area contributed by atoms with Gasteiger partial charge >= 0.3 is 0 Å². The van der Waals surface area contributed by atoms with Crippen molar-refractivity contribution in [1.29, 1.82) is 10.5 Å². The third-order valence-electron chi connectivity index (χ3n) is 14.3. The molecule has 0 aliphatic heterocycles. The summed E-state index contributed by atoms with van der Waals surface area (Å²) in [5, 5.41) is 26.1. The molecule has 4 heterocycles. The highest BCUT2D eigenvalue weighted by Crippen LogP contribution is 2.42. The summed E-state index contributed by atoms with van der Waals surface area (Å²) in [4.78, 5) is 30.4. The summed E-state index contributed by atoms with van der Waals surface area (Å²) < 4.78 is 4.37. The topological polar surface area (TPSA) is 135 Å². The summed E-state index contributed by atoms with van der Waals surface area (Å²) in [7, 11) is 0. The van der Waals surface area contributed by atoms with Crippen molar-refractivity contribution in [3.63, 3.8) is 0 Å². The lowest BCUT2D eigenvalue weighted by molar-refractivity contribution is 1.07. The molecule has 0 bridgehead atoms. The first kappa shape index (κ1) is 45.4. The zero-order valence-electron chi connectivity index (χ0n) is 41.6. The van der Waals surface area contributed by atoms with E-state index >= 15 is 0 Å². The van der Waals surface area contributed by atoms with Crippen molar-refractivity contribution in [1.82, 2.24) is 39.0 Å². The number of hydrogen-bond acceptors (Lipinski definition) is 8. The molecule has 0 aliphatic carbocycles. The molecule has 4 aromatic heterocycles. The normalized spacial score (nSPS) is 11.3. The second-order valence-corrected chi connectivity index (χ2v) is 18.9. The molecule has 14 rings (SSSR count). The van der Waals surface area contributed by atoms with Crippen LogP contribution in [-0.2, 0) is 0 Å². The van der Waals surface area contributed by atoms with Gasteiger partial charge in [0, 0.05) is 54.9 Å². The fourth-order valence-electron chi connectivity index (χ4n) is 10.6. The van der Waals surface area contributed by atoms with Crippen molar-refractivity contribution in [3.05, 3.63) is 254 Å². The number of nitrogens with zero attached hydrogens (tertiary/aromatic N) is 10. The quantitative estimate of drug-likeness (QED) is 0.139. The number of benzene rings is 10. The summed E-state index contributed by atoms with van der Waals surface area (Å²) in [6.45, 7) is 0. The molecule has 0 unspecified atom stereocenters. The molecule has 362 valence electrons. The Morgan fingerprint density at radius 3 is 0.987 bits per heavy atom. The number of para-hydroxylation sites is 2. The molecule has 0 spiro atoms. The van der Waals surface area contributed by atoms with Crippen molar-refractivity contribution in [2.75, 3.05) is 0 Å². The number of nitriles is 2. The van der Waals surface area contributed by atoms with Gasteiger partial charge in [-0.2, -0.15) is 10.5 Å². The van der Waals surface area contributed by atoms with Gasteiger partial charge in [0.2, 0.25) is 0 Å². The van der Waals surface area contributed by atoms with Crippen LogP contribution in [0.3, 0.4) is 0 Å². The zero-order chi connectivity index (χ0) is 52.1. The number of aromatic nitrogens is 8. The number of fused-ring (bicyclic) bond motifs is 6. The zero-order valence-corrected chi connectivity index (χ0v) is 41.6. The molecule has 10 aromatic carbocycles. The summed E-state index contributed by atoms with van der Waals surface area (Å²) in [5.41, 5.74) is 12.5. The molecule has 14 aromatic rings. The first-order valence-electron chi connectivity index (χ1n) is 25.5. The van der Waals surface area contributed by atoms with Crippen molar-refractivity contribution in [3.8, 4) is 103 Å². The minimum Gasteiger partial charge on any atom is -0.308 e. The molecule has 0 saturated carbocycles. The number of hydrogen-bond donors (Lipinski definition) is 0. The van der Waals surface area contributed by atoms with Crippen LogP contribution in [0.2, 0.25) is 0 Å². The highest BCUT2D eigenvalue weighted by Gasteiger charge is 2.25. The second-order valence-electron chi connectivity index (χ2n) is 18.9. The van der Waals surface area contributed by atoms with Crippen molar-refractivity contribution < 1.29 is 0 Å². The Balaban J connectivity index is 1.04. The molecule has 0 aliphatic rings. The molecule has 0 amide bonds. The summed E-state index contributed by atoms with van der Waals surface area (Å²) in [5.74, 6) is 3.25. The maximum absolute atomic E-state index is 11.9. The monoisotopic (exact) mass is 996 g/mol. The van der Waals surface area contributed by atoms with Gasteiger partial charge in [-0.3, -0.25) is 0 Å². The Labute approximate surface area is 447 Å². The second kappa shape index (κ2) is 18.9. The minimum atomic E-state index is 0.437. The van der Waals surface area contributed by atoms with Gasteiger partial charge in [0.1, 0.15) is 11.6 Å². The van der Waals surface area contributed by atoms with E-state index < -0.39 is 0 Å². The predicted molar refractivity (Wildman–Crippen MR) is 309 cm³/mol. The van der Waals surface area contributed by atoms with E-state index in [1.165, 1.54) is 0 Å². The van der Waals surface area contributed by atoms with Crippen LogP contribution in [0.1, 0.15) is 11.1 Å². The van der Waals surface area contributed by atoms with Crippen LogP contribution >= 0.6 is 0 Å². The third-order valence-corrected chi connectivity index (χ3v) is 14.3. The van der Waals surface area contributed by atoms with Gasteiger partial charge in [-0.1, -0.05) is 194 Å². The minimum absolute atomic E-state index is 0.437. The largest absolute Gasteiger partial charge is 0.308 e. The molecule has 0 saturated heterocycles. The number of rotatable bonds is 9. The van der Waals surface area contributed by atoms with Gasteiger partial charge in [-0.15, -0.1) is 0 Å². The van der Waals surface area contributed by atoms with Crippen molar-refractivity contribution in [2.45, 2.75) is 0 Å². The van der Waals surface area contributed by atoms with Crippen LogP contribution in [0.5, 0.6) is 0 Å². The smallest absolute Gasteiger partial charge is 0.164 e. The Morgan fingerprint density at radius 1 is 0.256 bits per heavy atom. The standard InChI is InChI=1S/C68H40N10/c69-41-43-18-17-27-48(36-43)51-39-61(77-57-30-15-13-28-52(57)54-34-32-49(37-59(54)77)67-73-63(44-19-5-1-6-20-44)71-64(74-67)45-21-7-2-8-22-45)56(42-70)62(40-51)78-58-31-16-14-29-53(58)55-35-33-50(38-60(55)78)68-75-65(46-23-9-3-10-24-46)72-66(76-68)47-25-11-4-12-26-47/h1-40H. The van der Waals surface area contributed by atoms with Gasteiger partial charge in [-0.05, 0) is 59.7 Å². The van der Waals surface area contributed by atoms with E-state index in [1.54, 1.807) is 6.07 Å². The van der Waals surface area contributed by atoms with Crippen LogP contribution < -0.4 is 0 Å². The average Bonchev–Trinajstić information content (AvgIpc) is 4.26. The van der Waals surface area contributed by atoms with E-state index in [1.807, 2.05) is 164 Å². The molecular formula is C68H40N10. The van der Waals surface area contributed by atoms with Crippen LogP contribution in [0, 0.1) is 22.7 Å². The Bertz CT molecular complexity index is 4370.